The Morgan fingerprint density at radius 3 is 2.52 bits per heavy atom. The number of benzene rings is 1. The number of sulfonamides is 1. The van der Waals surface area contributed by atoms with E-state index in [1.165, 1.54) is 0 Å². The smallest absolute Gasteiger partial charge is 0.324 e. The molecule has 1 atom stereocenters. The summed E-state index contributed by atoms with van der Waals surface area (Å²) < 4.78 is 56.7. The van der Waals surface area contributed by atoms with Gasteiger partial charge in [0.05, 0.1) is 11.5 Å². The van der Waals surface area contributed by atoms with Gasteiger partial charge in [0.25, 0.3) is 6.43 Å². The van der Waals surface area contributed by atoms with Crippen molar-refractivity contribution in [3.05, 3.63) is 29.8 Å². The maximum atomic E-state index is 12.7. The van der Waals surface area contributed by atoms with Crippen molar-refractivity contribution in [2.24, 2.45) is 0 Å². The van der Waals surface area contributed by atoms with Crippen LogP contribution in [-0.4, -0.2) is 37.9 Å². The van der Waals surface area contributed by atoms with Gasteiger partial charge in [-0.3, -0.25) is 4.79 Å². The Morgan fingerprint density at radius 2 is 1.96 bits per heavy atom. The summed E-state index contributed by atoms with van der Waals surface area (Å²) >= 11 is 0. The largest absolute Gasteiger partial charge is 0.465 e. The van der Waals surface area contributed by atoms with Gasteiger partial charge in [0.15, 0.2) is 0 Å². The van der Waals surface area contributed by atoms with E-state index >= 15 is 0 Å². The SMILES string of the molecule is CCOC(=O)C1CCCCN1S(=O)(=O)c1ccc(C(F)F)cc1. The van der Waals surface area contributed by atoms with E-state index in [1.54, 1.807) is 6.92 Å². The van der Waals surface area contributed by atoms with E-state index < -0.39 is 28.5 Å². The Morgan fingerprint density at radius 1 is 1.30 bits per heavy atom. The normalized spacial score (nSPS) is 19.7. The minimum atomic E-state index is -3.93. The third-order valence-electron chi connectivity index (χ3n) is 3.75. The number of hydrogen-bond donors (Lipinski definition) is 0. The number of hydrogen-bond acceptors (Lipinski definition) is 4. The predicted octanol–water partition coefficient (Wildman–Crippen LogP) is 2.73. The second-order valence-electron chi connectivity index (χ2n) is 5.25. The summed E-state index contributed by atoms with van der Waals surface area (Å²) in [6.07, 6.45) is -0.883. The summed E-state index contributed by atoms with van der Waals surface area (Å²) in [5.74, 6) is -0.569. The molecule has 0 bridgehead atoms. The van der Waals surface area contributed by atoms with Gasteiger partial charge in [0, 0.05) is 12.1 Å². The highest BCUT2D eigenvalue weighted by atomic mass is 32.2. The van der Waals surface area contributed by atoms with Gasteiger partial charge in [-0.05, 0) is 38.3 Å². The zero-order valence-electron chi connectivity index (χ0n) is 12.7. The van der Waals surface area contributed by atoms with E-state index in [1.807, 2.05) is 0 Å². The molecule has 1 saturated heterocycles. The van der Waals surface area contributed by atoms with Crippen LogP contribution < -0.4 is 0 Å². The number of carbonyl (C=O) groups is 1. The molecule has 8 heteroatoms. The van der Waals surface area contributed by atoms with Crippen molar-refractivity contribution in [1.29, 1.82) is 0 Å². The molecular weight excluding hydrogens is 328 g/mol. The molecule has 1 unspecified atom stereocenters. The highest BCUT2D eigenvalue weighted by Crippen LogP contribution is 2.27. The van der Waals surface area contributed by atoms with Crippen LogP contribution >= 0.6 is 0 Å². The number of nitrogens with zero attached hydrogens (tertiary/aromatic N) is 1. The Kier molecular flexibility index (Phi) is 5.69. The van der Waals surface area contributed by atoms with Crippen molar-refractivity contribution >= 4 is 16.0 Å². The fourth-order valence-electron chi connectivity index (χ4n) is 2.59. The van der Waals surface area contributed by atoms with Crippen molar-refractivity contribution in [2.45, 2.75) is 43.5 Å². The van der Waals surface area contributed by atoms with Crippen LogP contribution in [0.15, 0.2) is 29.2 Å². The fourth-order valence-corrected chi connectivity index (χ4v) is 4.23. The van der Waals surface area contributed by atoms with Crippen LogP contribution in [0.5, 0.6) is 0 Å². The van der Waals surface area contributed by atoms with Crippen LogP contribution in [0.2, 0.25) is 0 Å². The Bertz CT molecular complexity index is 646. The topological polar surface area (TPSA) is 63.7 Å². The molecule has 1 aromatic rings. The van der Waals surface area contributed by atoms with Crippen molar-refractivity contribution in [3.63, 3.8) is 0 Å². The monoisotopic (exact) mass is 347 g/mol. The van der Waals surface area contributed by atoms with E-state index in [0.29, 0.717) is 12.8 Å². The molecule has 1 heterocycles. The standard InChI is InChI=1S/C15H19F2NO4S/c1-2-22-15(19)13-5-3-4-10-18(13)23(20,21)12-8-6-11(7-9-12)14(16)17/h6-9,13-14H,2-5,10H2,1H3. The zero-order chi connectivity index (χ0) is 17.0. The first-order valence-electron chi connectivity index (χ1n) is 7.44. The quantitative estimate of drug-likeness (QED) is 0.769. The molecule has 2 rings (SSSR count). The van der Waals surface area contributed by atoms with E-state index in [9.17, 15) is 22.0 Å². The average Bonchev–Trinajstić information content (AvgIpc) is 2.55. The number of piperidine rings is 1. The van der Waals surface area contributed by atoms with Gasteiger partial charge in [-0.25, -0.2) is 17.2 Å². The number of rotatable bonds is 5. The van der Waals surface area contributed by atoms with Crippen molar-refractivity contribution in [3.8, 4) is 0 Å². The van der Waals surface area contributed by atoms with Crippen LogP contribution in [0.3, 0.4) is 0 Å². The molecule has 1 aromatic carbocycles. The summed E-state index contributed by atoms with van der Waals surface area (Å²) in [6, 6.07) is 3.60. The first kappa shape index (κ1) is 17.8. The molecule has 0 aliphatic carbocycles. The van der Waals surface area contributed by atoms with Gasteiger partial charge in [-0.1, -0.05) is 12.1 Å². The van der Waals surface area contributed by atoms with Gasteiger partial charge in [-0.2, -0.15) is 4.31 Å². The lowest BCUT2D eigenvalue weighted by atomic mass is 10.1. The number of alkyl halides is 2. The fraction of sp³-hybridized carbons (Fsp3) is 0.533. The third kappa shape index (κ3) is 3.87. The van der Waals surface area contributed by atoms with Crippen LogP contribution in [0.4, 0.5) is 8.78 Å². The molecule has 128 valence electrons. The first-order valence-corrected chi connectivity index (χ1v) is 8.88. The van der Waals surface area contributed by atoms with Gasteiger partial charge < -0.3 is 4.74 Å². The number of halogens is 2. The lowest BCUT2D eigenvalue weighted by molar-refractivity contribution is -0.148. The second-order valence-corrected chi connectivity index (χ2v) is 7.14. The van der Waals surface area contributed by atoms with Gasteiger partial charge in [0.1, 0.15) is 6.04 Å². The zero-order valence-corrected chi connectivity index (χ0v) is 13.6. The van der Waals surface area contributed by atoms with Gasteiger partial charge >= 0.3 is 5.97 Å². The highest BCUT2D eigenvalue weighted by molar-refractivity contribution is 7.89. The first-order chi connectivity index (χ1) is 10.9. The average molecular weight is 347 g/mol. The van der Waals surface area contributed by atoms with Crippen molar-refractivity contribution < 1.29 is 26.7 Å². The molecule has 0 amide bonds. The molecule has 0 radical (unpaired) electrons. The molecule has 0 saturated carbocycles. The molecule has 0 aromatic heterocycles. The molecule has 0 N–H and O–H groups in total. The van der Waals surface area contributed by atoms with E-state index in [0.717, 1.165) is 35.0 Å². The summed E-state index contributed by atoms with van der Waals surface area (Å²) in [6.45, 7) is 2.04. The summed E-state index contributed by atoms with van der Waals surface area (Å²) in [5.41, 5.74) is -0.246. The molecule has 1 fully saturated rings. The van der Waals surface area contributed by atoms with Crippen LogP contribution in [0.1, 0.15) is 38.2 Å². The molecule has 23 heavy (non-hydrogen) atoms. The molecular formula is C15H19F2NO4S. The lowest BCUT2D eigenvalue weighted by Gasteiger charge is -2.32. The van der Waals surface area contributed by atoms with Crippen LogP contribution in [0, 0.1) is 0 Å². The summed E-state index contributed by atoms with van der Waals surface area (Å²) in [4.78, 5) is 11.9. The van der Waals surface area contributed by atoms with E-state index in [2.05, 4.69) is 0 Å². The minimum Gasteiger partial charge on any atom is -0.465 e. The molecule has 0 spiro atoms. The number of carbonyl (C=O) groups excluding carboxylic acids is 1. The molecule has 5 nitrogen and oxygen atoms in total. The Hall–Kier alpha value is -1.54. The summed E-state index contributed by atoms with van der Waals surface area (Å²) in [7, 11) is -3.93. The van der Waals surface area contributed by atoms with Crippen molar-refractivity contribution in [2.75, 3.05) is 13.2 Å². The maximum Gasteiger partial charge on any atom is 0.324 e. The van der Waals surface area contributed by atoms with Crippen LogP contribution in [0.25, 0.3) is 0 Å². The van der Waals surface area contributed by atoms with Crippen molar-refractivity contribution in [1.82, 2.24) is 4.31 Å². The highest BCUT2D eigenvalue weighted by Gasteiger charge is 2.38. The molecule has 1 aliphatic rings. The van der Waals surface area contributed by atoms with Gasteiger partial charge in [-0.15, -0.1) is 0 Å². The van der Waals surface area contributed by atoms with E-state index in [4.69, 9.17) is 4.74 Å². The minimum absolute atomic E-state index is 0.0990. The van der Waals surface area contributed by atoms with Gasteiger partial charge in [0.2, 0.25) is 10.0 Å². The van der Waals surface area contributed by atoms with E-state index in [-0.39, 0.29) is 23.6 Å². The second kappa shape index (κ2) is 7.35. The number of esters is 1. The number of ether oxygens (including phenoxy) is 1. The third-order valence-corrected chi connectivity index (χ3v) is 5.67. The lowest BCUT2D eigenvalue weighted by Crippen LogP contribution is -2.48. The van der Waals surface area contributed by atoms with Crippen LogP contribution in [-0.2, 0) is 19.6 Å². The predicted molar refractivity (Wildman–Crippen MR) is 79.6 cm³/mol. The Balaban J connectivity index is 2.30. The maximum absolute atomic E-state index is 12.7. The summed E-state index contributed by atoms with van der Waals surface area (Å²) in [5, 5.41) is 0. The Labute approximate surface area is 134 Å². The molecule has 1 aliphatic heterocycles.